The fourth-order valence-electron chi connectivity index (χ4n) is 3.54. The first-order chi connectivity index (χ1) is 16.3. The summed E-state index contributed by atoms with van der Waals surface area (Å²) < 4.78 is 7.36. The van der Waals surface area contributed by atoms with Gasteiger partial charge in [-0.3, -0.25) is 9.78 Å². The van der Waals surface area contributed by atoms with Gasteiger partial charge in [-0.2, -0.15) is 5.10 Å². The van der Waals surface area contributed by atoms with Gasteiger partial charge in [0.15, 0.2) is 0 Å². The van der Waals surface area contributed by atoms with Gasteiger partial charge in [0.25, 0.3) is 5.91 Å². The van der Waals surface area contributed by atoms with E-state index in [2.05, 4.69) is 15.4 Å². The second kappa shape index (κ2) is 11.4. The van der Waals surface area contributed by atoms with Crippen molar-refractivity contribution in [3.05, 3.63) is 77.9 Å². The first-order valence-electron chi connectivity index (χ1n) is 11.6. The summed E-state index contributed by atoms with van der Waals surface area (Å²) in [5.41, 5.74) is 2.66. The second-order valence-electron chi connectivity index (χ2n) is 8.98. The summed E-state index contributed by atoms with van der Waals surface area (Å²) in [6.45, 7) is 8.78. The van der Waals surface area contributed by atoms with Crippen molar-refractivity contribution in [2.45, 2.75) is 52.7 Å². The number of pyridine rings is 1. The van der Waals surface area contributed by atoms with E-state index in [1.807, 2.05) is 70.2 Å². The third-order valence-corrected chi connectivity index (χ3v) is 5.09. The Bertz CT molecular complexity index is 1070. The van der Waals surface area contributed by atoms with E-state index in [0.29, 0.717) is 38.0 Å². The van der Waals surface area contributed by atoms with Gasteiger partial charge in [-0.25, -0.2) is 9.48 Å². The van der Waals surface area contributed by atoms with Crippen LogP contribution in [0.1, 0.15) is 55.7 Å². The number of rotatable bonds is 9. The zero-order valence-electron chi connectivity index (χ0n) is 20.3. The van der Waals surface area contributed by atoms with Crippen LogP contribution in [0.25, 0.3) is 5.69 Å². The second-order valence-corrected chi connectivity index (χ2v) is 8.98. The molecule has 0 saturated carbocycles. The summed E-state index contributed by atoms with van der Waals surface area (Å²) in [7, 11) is 0. The first-order valence-corrected chi connectivity index (χ1v) is 11.6. The zero-order valence-corrected chi connectivity index (χ0v) is 20.3. The van der Waals surface area contributed by atoms with Crippen molar-refractivity contribution in [2.75, 3.05) is 13.1 Å². The van der Waals surface area contributed by atoms with E-state index in [-0.39, 0.29) is 12.0 Å². The highest BCUT2D eigenvalue weighted by Gasteiger charge is 2.22. The predicted molar refractivity (Wildman–Crippen MR) is 131 cm³/mol. The summed E-state index contributed by atoms with van der Waals surface area (Å²) in [4.78, 5) is 31.3. The topological polar surface area (TPSA) is 89.3 Å². The molecule has 0 unspecified atom stereocenters. The number of carbonyl (C=O) groups excluding carboxylic acids is 2. The lowest BCUT2D eigenvalue weighted by Gasteiger charge is -2.27. The van der Waals surface area contributed by atoms with E-state index in [4.69, 9.17) is 4.74 Å². The maximum atomic E-state index is 12.8. The molecule has 180 valence electrons. The van der Waals surface area contributed by atoms with Crippen LogP contribution >= 0.6 is 0 Å². The fraction of sp³-hybridized carbons (Fsp3) is 0.385. The molecule has 2 heterocycles. The van der Waals surface area contributed by atoms with Gasteiger partial charge < -0.3 is 15.0 Å². The number of para-hydroxylation sites is 1. The number of aromatic nitrogens is 3. The number of hydrogen-bond acceptors (Lipinski definition) is 5. The highest BCUT2D eigenvalue weighted by Crippen LogP contribution is 2.16. The quantitative estimate of drug-likeness (QED) is 0.476. The van der Waals surface area contributed by atoms with Crippen LogP contribution in [-0.4, -0.2) is 50.4 Å². The smallest absolute Gasteiger partial charge is 0.410 e. The van der Waals surface area contributed by atoms with E-state index >= 15 is 0 Å². The highest BCUT2D eigenvalue weighted by atomic mass is 16.6. The molecule has 2 aromatic heterocycles. The number of ether oxygens (including phenoxy) is 1. The third-order valence-electron chi connectivity index (χ3n) is 5.09. The molecule has 0 aliphatic rings. The summed E-state index contributed by atoms with van der Waals surface area (Å²) in [6.07, 6.45) is 5.91. The third kappa shape index (κ3) is 6.91. The van der Waals surface area contributed by atoms with Gasteiger partial charge in [-0.05, 0) is 57.4 Å². The van der Waals surface area contributed by atoms with Crippen molar-refractivity contribution in [2.24, 2.45) is 0 Å². The lowest BCUT2D eigenvalue weighted by molar-refractivity contribution is 0.0232. The summed E-state index contributed by atoms with van der Waals surface area (Å²) in [5, 5.41) is 7.38. The molecule has 3 aromatic rings. The molecule has 1 N–H and O–H groups in total. The Kier molecular flexibility index (Phi) is 8.40. The van der Waals surface area contributed by atoms with Crippen LogP contribution in [0.5, 0.6) is 0 Å². The lowest BCUT2D eigenvalue weighted by atomic mass is 10.2. The van der Waals surface area contributed by atoms with E-state index in [0.717, 1.165) is 16.9 Å². The SMILES string of the molecule is CCc1c(C(=O)NCCCN(Cc2cccnc2)C(=O)OC(C)(C)C)cnn1-c1ccccc1. The van der Waals surface area contributed by atoms with Crippen molar-refractivity contribution >= 4 is 12.0 Å². The molecule has 34 heavy (non-hydrogen) atoms. The molecule has 0 saturated heterocycles. The number of nitrogens with zero attached hydrogens (tertiary/aromatic N) is 4. The molecule has 0 bridgehead atoms. The molecule has 0 fully saturated rings. The molecule has 8 heteroatoms. The number of amides is 2. The van der Waals surface area contributed by atoms with Gasteiger partial charge >= 0.3 is 6.09 Å². The molecule has 0 aliphatic carbocycles. The minimum Gasteiger partial charge on any atom is -0.444 e. The van der Waals surface area contributed by atoms with E-state index < -0.39 is 5.60 Å². The largest absolute Gasteiger partial charge is 0.444 e. The van der Waals surface area contributed by atoms with E-state index in [9.17, 15) is 9.59 Å². The van der Waals surface area contributed by atoms with Crippen LogP contribution in [0.15, 0.2) is 61.1 Å². The van der Waals surface area contributed by atoms with Crippen molar-refractivity contribution < 1.29 is 14.3 Å². The molecule has 0 spiro atoms. The average Bonchev–Trinajstić information content (AvgIpc) is 3.25. The molecule has 0 aliphatic heterocycles. The minimum atomic E-state index is -0.589. The molecule has 3 rings (SSSR count). The van der Waals surface area contributed by atoms with Crippen molar-refractivity contribution in [3.63, 3.8) is 0 Å². The maximum absolute atomic E-state index is 12.8. The monoisotopic (exact) mass is 463 g/mol. The zero-order chi connectivity index (χ0) is 24.6. The Morgan fingerprint density at radius 2 is 1.85 bits per heavy atom. The summed E-state index contributed by atoms with van der Waals surface area (Å²) in [6, 6.07) is 13.5. The Hall–Kier alpha value is -3.68. The van der Waals surface area contributed by atoms with E-state index in [1.165, 1.54) is 0 Å². The predicted octanol–water partition coefficient (Wildman–Crippen LogP) is 4.39. The Balaban J connectivity index is 1.60. The standard InChI is InChI=1S/C26H33N5O3/c1-5-23-22(18-29-31(23)21-12-7-6-8-13-21)24(32)28-15-10-16-30(25(33)34-26(2,3)4)19-20-11-9-14-27-17-20/h6-9,11-14,17-18H,5,10,15-16,19H2,1-4H3,(H,28,32). The van der Waals surface area contributed by atoms with Crippen LogP contribution in [0.2, 0.25) is 0 Å². The fourth-order valence-corrected chi connectivity index (χ4v) is 3.54. The average molecular weight is 464 g/mol. The Morgan fingerprint density at radius 1 is 1.09 bits per heavy atom. The van der Waals surface area contributed by atoms with Gasteiger partial charge in [0, 0.05) is 25.5 Å². The van der Waals surface area contributed by atoms with Crippen LogP contribution in [0.4, 0.5) is 4.79 Å². The maximum Gasteiger partial charge on any atom is 0.410 e. The molecular weight excluding hydrogens is 430 g/mol. The lowest BCUT2D eigenvalue weighted by Crippen LogP contribution is -2.38. The number of carbonyl (C=O) groups is 2. The Labute approximate surface area is 200 Å². The first kappa shape index (κ1) is 25.0. The van der Waals surface area contributed by atoms with Gasteiger partial charge in [0.1, 0.15) is 5.60 Å². The van der Waals surface area contributed by atoms with Crippen molar-refractivity contribution in [1.29, 1.82) is 0 Å². The van der Waals surface area contributed by atoms with Gasteiger partial charge in [0.05, 0.1) is 29.7 Å². The highest BCUT2D eigenvalue weighted by molar-refractivity contribution is 5.95. The molecule has 2 amide bonds. The number of nitrogens with one attached hydrogen (secondary N) is 1. The van der Waals surface area contributed by atoms with Gasteiger partial charge in [-0.1, -0.05) is 31.2 Å². The number of benzene rings is 1. The van der Waals surface area contributed by atoms with Crippen LogP contribution in [0.3, 0.4) is 0 Å². The van der Waals surface area contributed by atoms with Crippen molar-refractivity contribution in [1.82, 2.24) is 25.0 Å². The minimum absolute atomic E-state index is 0.171. The van der Waals surface area contributed by atoms with E-state index in [1.54, 1.807) is 28.2 Å². The molecule has 0 atom stereocenters. The Morgan fingerprint density at radius 3 is 2.50 bits per heavy atom. The summed E-state index contributed by atoms with van der Waals surface area (Å²) >= 11 is 0. The van der Waals surface area contributed by atoms with Crippen molar-refractivity contribution in [3.8, 4) is 5.69 Å². The van der Waals surface area contributed by atoms with Gasteiger partial charge in [-0.15, -0.1) is 0 Å². The molecule has 1 aromatic carbocycles. The normalized spacial score (nSPS) is 11.2. The summed E-state index contributed by atoms with van der Waals surface area (Å²) in [5.74, 6) is -0.171. The van der Waals surface area contributed by atoms with Crippen LogP contribution < -0.4 is 5.32 Å². The molecule has 8 nitrogen and oxygen atoms in total. The van der Waals surface area contributed by atoms with Crippen LogP contribution in [0, 0.1) is 0 Å². The van der Waals surface area contributed by atoms with Gasteiger partial charge in [0.2, 0.25) is 0 Å². The molecular formula is C26H33N5O3. The number of hydrogen-bond donors (Lipinski definition) is 1. The molecule has 0 radical (unpaired) electrons. The van der Waals surface area contributed by atoms with Crippen LogP contribution in [-0.2, 0) is 17.7 Å².